The molecule has 0 unspecified atom stereocenters. The van der Waals surface area contributed by atoms with Gasteiger partial charge in [0.25, 0.3) is 11.6 Å². The van der Waals surface area contributed by atoms with Gasteiger partial charge < -0.3 is 14.8 Å². The van der Waals surface area contributed by atoms with Crippen molar-refractivity contribution in [3.63, 3.8) is 0 Å². The van der Waals surface area contributed by atoms with Crippen molar-refractivity contribution in [1.82, 2.24) is 0 Å². The average molecular weight is 369 g/mol. The lowest BCUT2D eigenvalue weighted by atomic mass is 10.1. The zero-order chi connectivity index (χ0) is 20.0. The van der Waals surface area contributed by atoms with Crippen LogP contribution in [0.5, 0.6) is 5.75 Å². The number of esters is 1. The lowest BCUT2D eigenvalue weighted by Crippen LogP contribution is -2.30. The highest BCUT2D eigenvalue weighted by Crippen LogP contribution is 2.29. The minimum Gasteiger partial charge on any atom is -0.494 e. The number of benzene rings is 2. The predicted octanol–water partition coefficient (Wildman–Crippen LogP) is 2.66. The van der Waals surface area contributed by atoms with Gasteiger partial charge >= 0.3 is 5.97 Å². The molecule has 0 heterocycles. The number of hydrogen-bond acceptors (Lipinski definition) is 7. The van der Waals surface area contributed by atoms with Gasteiger partial charge in [-0.2, -0.15) is 5.26 Å². The molecule has 2 rings (SSSR count). The lowest BCUT2D eigenvalue weighted by Gasteiger charge is -2.15. The van der Waals surface area contributed by atoms with Crippen molar-refractivity contribution in [2.24, 2.45) is 0 Å². The first kappa shape index (κ1) is 19.4. The molecule has 0 radical (unpaired) electrons. The first-order valence-electron chi connectivity index (χ1n) is 7.70. The average Bonchev–Trinajstić information content (AvgIpc) is 2.67. The second-order valence-corrected chi connectivity index (χ2v) is 5.37. The Bertz CT molecular complexity index is 935. The summed E-state index contributed by atoms with van der Waals surface area (Å²) < 4.78 is 10.1. The third-order valence-corrected chi connectivity index (χ3v) is 3.53. The van der Waals surface area contributed by atoms with Crippen molar-refractivity contribution >= 4 is 23.3 Å². The van der Waals surface area contributed by atoms with Gasteiger partial charge in [0.05, 0.1) is 41.0 Å². The van der Waals surface area contributed by atoms with Gasteiger partial charge in [0, 0.05) is 6.07 Å². The molecule has 0 fully saturated rings. The molecule has 0 aliphatic carbocycles. The number of nitrogens with one attached hydrogen (secondary N) is 1. The molecule has 0 bridgehead atoms. The first-order valence-corrected chi connectivity index (χ1v) is 7.70. The number of nitriles is 1. The molecular weight excluding hydrogens is 354 g/mol. The molecule has 2 aromatic rings. The number of methoxy groups -OCH3 is 1. The third-order valence-electron chi connectivity index (χ3n) is 3.53. The van der Waals surface area contributed by atoms with Crippen molar-refractivity contribution in [2.45, 2.75) is 13.0 Å². The van der Waals surface area contributed by atoms with E-state index in [-0.39, 0.29) is 28.3 Å². The van der Waals surface area contributed by atoms with Crippen LogP contribution in [0.2, 0.25) is 0 Å². The van der Waals surface area contributed by atoms with Crippen molar-refractivity contribution < 1.29 is 24.0 Å². The van der Waals surface area contributed by atoms with Crippen LogP contribution in [0.15, 0.2) is 42.5 Å². The summed E-state index contributed by atoms with van der Waals surface area (Å²) in [6.45, 7) is 1.37. The number of anilines is 1. The Morgan fingerprint density at radius 1 is 1.26 bits per heavy atom. The van der Waals surface area contributed by atoms with Gasteiger partial charge in [-0.25, -0.2) is 4.79 Å². The van der Waals surface area contributed by atoms with Gasteiger partial charge in [0.1, 0.15) is 5.75 Å². The molecule has 0 aliphatic rings. The van der Waals surface area contributed by atoms with E-state index in [4.69, 9.17) is 14.7 Å². The maximum Gasteiger partial charge on any atom is 0.338 e. The van der Waals surface area contributed by atoms with E-state index in [1.807, 2.05) is 6.07 Å². The van der Waals surface area contributed by atoms with Crippen LogP contribution in [0.25, 0.3) is 0 Å². The number of nitro benzene ring substituents is 1. The smallest absolute Gasteiger partial charge is 0.338 e. The number of carbonyl (C=O) groups excluding carboxylic acids is 2. The Morgan fingerprint density at radius 2 is 2.00 bits per heavy atom. The van der Waals surface area contributed by atoms with E-state index in [1.165, 1.54) is 56.5 Å². The topological polar surface area (TPSA) is 132 Å². The number of nitro groups is 1. The van der Waals surface area contributed by atoms with Crippen LogP contribution in [-0.4, -0.2) is 30.0 Å². The molecule has 0 saturated heterocycles. The summed E-state index contributed by atoms with van der Waals surface area (Å²) >= 11 is 0. The Balaban J connectivity index is 2.08. The van der Waals surface area contributed by atoms with Crippen molar-refractivity contribution in [2.75, 3.05) is 12.4 Å². The van der Waals surface area contributed by atoms with Gasteiger partial charge in [-0.15, -0.1) is 0 Å². The highest BCUT2D eigenvalue weighted by atomic mass is 16.6. The molecule has 138 valence electrons. The molecule has 0 saturated carbocycles. The van der Waals surface area contributed by atoms with Gasteiger partial charge in [-0.3, -0.25) is 14.9 Å². The summed E-state index contributed by atoms with van der Waals surface area (Å²) in [5.74, 6) is -1.31. The SMILES string of the molecule is COc1cc([N+](=O)[O-])ccc1NC(=O)[C@H](C)OC(=O)c1cccc(C#N)c1. The molecule has 0 aromatic heterocycles. The third kappa shape index (κ3) is 4.79. The molecule has 9 heteroatoms. The Morgan fingerprint density at radius 3 is 2.63 bits per heavy atom. The largest absolute Gasteiger partial charge is 0.494 e. The van der Waals surface area contributed by atoms with Crippen LogP contribution in [0.4, 0.5) is 11.4 Å². The van der Waals surface area contributed by atoms with Crippen LogP contribution in [0, 0.1) is 21.4 Å². The monoisotopic (exact) mass is 369 g/mol. The molecule has 0 spiro atoms. The van der Waals surface area contributed by atoms with Crippen LogP contribution in [0.1, 0.15) is 22.8 Å². The van der Waals surface area contributed by atoms with Crippen molar-refractivity contribution in [3.8, 4) is 11.8 Å². The van der Waals surface area contributed by atoms with E-state index in [0.29, 0.717) is 0 Å². The molecule has 1 N–H and O–H groups in total. The number of nitrogens with zero attached hydrogens (tertiary/aromatic N) is 2. The van der Waals surface area contributed by atoms with Crippen LogP contribution in [-0.2, 0) is 9.53 Å². The first-order chi connectivity index (χ1) is 12.8. The quantitative estimate of drug-likeness (QED) is 0.470. The zero-order valence-electron chi connectivity index (χ0n) is 14.5. The molecule has 1 atom stereocenters. The molecule has 1 amide bonds. The maximum absolute atomic E-state index is 12.3. The summed E-state index contributed by atoms with van der Waals surface area (Å²) in [5.41, 5.74) is 0.433. The number of carbonyl (C=O) groups is 2. The van der Waals surface area contributed by atoms with E-state index in [9.17, 15) is 19.7 Å². The van der Waals surface area contributed by atoms with Crippen LogP contribution in [0.3, 0.4) is 0 Å². The second kappa shape index (κ2) is 8.44. The van der Waals surface area contributed by atoms with Gasteiger partial charge in [-0.05, 0) is 31.2 Å². The molecule has 27 heavy (non-hydrogen) atoms. The van der Waals surface area contributed by atoms with Crippen LogP contribution < -0.4 is 10.1 Å². The Kier molecular flexibility index (Phi) is 6.06. The fraction of sp³-hybridized carbons (Fsp3) is 0.167. The fourth-order valence-corrected chi connectivity index (χ4v) is 2.13. The summed E-state index contributed by atoms with van der Waals surface area (Å²) in [6.07, 6.45) is -1.15. The second-order valence-electron chi connectivity index (χ2n) is 5.37. The molecular formula is C18H15N3O6. The fourth-order valence-electron chi connectivity index (χ4n) is 2.13. The molecule has 2 aromatic carbocycles. The van der Waals surface area contributed by atoms with E-state index in [0.717, 1.165) is 0 Å². The van der Waals surface area contributed by atoms with E-state index in [2.05, 4.69) is 5.32 Å². The summed E-state index contributed by atoms with van der Waals surface area (Å²) in [6, 6.07) is 11.5. The van der Waals surface area contributed by atoms with Crippen molar-refractivity contribution in [3.05, 3.63) is 63.7 Å². The van der Waals surface area contributed by atoms with Crippen LogP contribution >= 0.6 is 0 Å². The summed E-state index contributed by atoms with van der Waals surface area (Å²) in [5, 5.41) is 22.1. The molecule has 9 nitrogen and oxygen atoms in total. The zero-order valence-corrected chi connectivity index (χ0v) is 14.5. The number of hydrogen-bond donors (Lipinski definition) is 1. The number of ether oxygens (including phenoxy) is 2. The highest BCUT2D eigenvalue weighted by molar-refractivity contribution is 5.98. The van der Waals surface area contributed by atoms with Gasteiger partial charge in [-0.1, -0.05) is 6.07 Å². The maximum atomic E-state index is 12.3. The van der Waals surface area contributed by atoms with Gasteiger partial charge in [0.2, 0.25) is 0 Å². The predicted molar refractivity (Wildman–Crippen MR) is 94.3 cm³/mol. The minimum atomic E-state index is -1.15. The van der Waals surface area contributed by atoms with E-state index < -0.39 is 22.9 Å². The Hall–Kier alpha value is -3.93. The highest BCUT2D eigenvalue weighted by Gasteiger charge is 2.21. The summed E-state index contributed by atoms with van der Waals surface area (Å²) in [4.78, 5) is 34.6. The lowest BCUT2D eigenvalue weighted by molar-refractivity contribution is -0.384. The normalized spacial score (nSPS) is 11.0. The molecule has 0 aliphatic heterocycles. The number of amides is 1. The summed E-state index contributed by atoms with van der Waals surface area (Å²) in [7, 11) is 1.31. The van der Waals surface area contributed by atoms with E-state index in [1.54, 1.807) is 0 Å². The standard InChI is InChI=1S/C18H15N3O6/c1-11(27-18(23)13-5-3-4-12(8-13)10-19)17(22)20-15-7-6-14(21(24)25)9-16(15)26-2/h3-9,11H,1-2H3,(H,20,22)/t11-/m0/s1. The van der Waals surface area contributed by atoms with Gasteiger partial charge in [0.15, 0.2) is 6.10 Å². The number of rotatable bonds is 6. The number of non-ortho nitro benzene ring substituents is 1. The van der Waals surface area contributed by atoms with E-state index >= 15 is 0 Å². The minimum absolute atomic E-state index is 0.0952. The van der Waals surface area contributed by atoms with Crippen molar-refractivity contribution in [1.29, 1.82) is 5.26 Å². The Labute approximate surface area is 154 Å².